The fourth-order valence-corrected chi connectivity index (χ4v) is 2.31. The summed E-state index contributed by atoms with van der Waals surface area (Å²) in [5.41, 5.74) is 3.62. The van der Waals surface area contributed by atoms with Crippen molar-refractivity contribution in [1.82, 2.24) is 0 Å². The van der Waals surface area contributed by atoms with Gasteiger partial charge >= 0.3 is 5.97 Å². The van der Waals surface area contributed by atoms with Crippen LogP contribution in [0, 0.1) is 5.92 Å². The van der Waals surface area contributed by atoms with Crippen LogP contribution in [0.5, 0.6) is 0 Å². The maximum absolute atomic E-state index is 12.0. The summed E-state index contributed by atoms with van der Waals surface area (Å²) >= 11 is 0. The Morgan fingerprint density at radius 3 is 2.40 bits per heavy atom. The zero-order valence-corrected chi connectivity index (χ0v) is 12.7. The molecule has 1 aromatic carbocycles. The second-order valence-corrected chi connectivity index (χ2v) is 5.60. The number of carbonyl (C=O) groups excluding carboxylic acids is 1. The largest absolute Gasteiger partial charge is 0.464 e. The molecule has 3 heteroatoms. The van der Waals surface area contributed by atoms with Crippen LogP contribution < -0.4 is 5.32 Å². The van der Waals surface area contributed by atoms with E-state index in [9.17, 15) is 4.79 Å². The Labute approximate surface area is 121 Å². The molecule has 0 bridgehead atoms. The third kappa shape index (κ3) is 3.75. The summed E-state index contributed by atoms with van der Waals surface area (Å²) in [6.07, 6.45) is 4.32. The van der Waals surface area contributed by atoms with E-state index >= 15 is 0 Å². The van der Waals surface area contributed by atoms with Crippen molar-refractivity contribution < 1.29 is 9.53 Å². The van der Waals surface area contributed by atoms with Crippen molar-refractivity contribution in [3.63, 3.8) is 0 Å². The Morgan fingerprint density at radius 2 is 1.90 bits per heavy atom. The van der Waals surface area contributed by atoms with E-state index in [0.717, 1.165) is 18.5 Å². The van der Waals surface area contributed by atoms with E-state index in [1.807, 2.05) is 6.92 Å². The van der Waals surface area contributed by atoms with Gasteiger partial charge in [-0.2, -0.15) is 0 Å². The Morgan fingerprint density at radius 1 is 1.30 bits per heavy atom. The number of anilines is 1. The second-order valence-electron chi connectivity index (χ2n) is 5.60. The number of hydrogen-bond acceptors (Lipinski definition) is 3. The zero-order chi connectivity index (χ0) is 14.5. The van der Waals surface area contributed by atoms with Crippen LogP contribution in [0.1, 0.15) is 44.7 Å². The summed E-state index contributed by atoms with van der Waals surface area (Å²) in [5.74, 6) is 0.463. The van der Waals surface area contributed by atoms with E-state index in [4.69, 9.17) is 4.74 Å². The summed E-state index contributed by atoms with van der Waals surface area (Å²) in [6.45, 7) is 6.73. The first-order chi connectivity index (χ1) is 9.65. The van der Waals surface area contributed by atoms with Crippen molar-refractivity contribution in [2.24, 2.45) is 5.92 Å². The Kier molecular flexibility index (Phi) is 5.05. The van der Waals surface area contributed by atoms with Gasteiger partial charge in [-0.25, -0.2) is 4.79 Å². The monoisotopic (exact) mass is 275 g/mol. The number of para-hydroxylation sites is 1. The number of aryl methyl sites for hydroxylation is 2. The topological polar surface area (TPSA) is 38.3 Å². The fourth-order valence-electron chi connectivity index (χ4n) is 2.31. The van der Waals surface area contributed by atoms with Gasteiger partial charge in [0.1, 0.15) is 6.04 Å². The maximum Gasteiger partial charge on any atom is 0.328 e. The molecule has 0 aliphatic heterocycles. The number of nitrogens with one attached hydrogen (secondary N) is 1. The molecular formula is C17H25NO2. The maximum atomic E-state index is 12.0. The highest BCUT2D eigenvalue weighted by Crippen LogP contribution is 2.29. The minimum atomic E-state index is -0.299. The van der Waals surface area contributed by atoms with Crippen LogP contribution in [-0.4, -0.2) is 18.6 Å². The normalized spacial score (nSPS) is 15.8. The van der Waals surface area contributed by atoms with Gasteiger partial charge in [0.05, 0.1) is 6.61 Å². The molecule has 1 aromatic rings. The molecule has 1 fully saturated rings. The second kappa shape index (κ2) is 6.78. The lowest BCUT2D eigenvalue weighted by Gasteiger charge is -2.19. The summed E-state index contributed by atoms with van der Waals surface area (Å²) in [4.78, 5) is 12.0. The van der Waals surface area contributed by atoms with Gasteiger partial charge in [-0.1, -0.05) is 32.0 Å². The summed E-state index contributed by atoms with van der Waals surface area (Å²) < 4.78 is 5.35. The van der Waals surface area contributed by atoms with Crippen molar-refractivity contribution >= 4 is 11.7 Å². The smallest absolute Gasteiger partial charge is 0.328 e. The minimum Gasteiger partial charge on any atom is -0.464 e. The molecule has 0 amide bonds. The first kappa shape index (κ1) is 14.9. The van der Waals surface area contributed by atoms with Crippen molar-refractivity contribution in [3.05, 3.63) is 29.3 Å². The van der Waals surface area contributed by atoms with Gasteiger partial charge in [0.2, 0.25) is 0 Å². The first-order valence-electron chi connectivity index (χ1n) is 7.69. The van der Waals surface area contributed by atoms with Crippen LogP contribution in [0.25, 0.3) is 0 Å². The van der Waals surface area contributed by atoms with Crippen molar-refractivity contribution in [1.29, 1.82) is 0 Å². The van der Waals surface area contributed by atoms with E-state index in [2.05, 4.69) is 37.4 Å². The van der Waals surface area contributed by atoms with E-state index in [-0.39, 0.29) is 12.0 Å². The summed E-state index contributed by atoms with van der Waals surface area (Å²) in [6, 6.07) is 6.01. The van der Waals surface area contributed by atoms with Gasteiger partial charge < -0.3 is 10.1 Å². The van der Waals surface area contributed by atoms with Crippen LogP contribution in [0.15, 0.2) is 18.2 Å². The van der Waals surface area contributed by atoms with Crippen LogP contribution in [-0.2, 0) is 22.4 Å². The molecule has 1 unspecified atom stereocenters. The van der Waals surface area contributed by atoms with Crippen molar-refractivity contribution in [2.45, 2.75) is 52.5 Å². The molecule has 0 saturated heterocycles. The molecule has 1 saturated carbocycles. The van der Waals surface area contributed by atoms with Gasteiger partial charge in [-0.15, -0.1) is 0 Å². The predicted octanol–water partition coefficient (Wildman–Crippen LogP) is 3.57. The number of esters is 1. The van der Waals surface area contributed by atoms with Crippen LogP contribution in [0.4, 0.5) is 5.69 Å². The van der Waals surface area contributed by atoms with E-state index in [1.54, 1.807) is 0 Å². The highest BCUT2D eigenvalue weighted by Gasteiger charge is 2.25. The lowest BCUT2D eigenvalue weighted by atomic mass is 10.0. The van der Waals surface area contributed by atoms with Crippen LogP contribution >= 0.6 is 0 Å². The predicted molar refractivity (Wildman–Crippen MR) is 82.0 cm³/mol. The molecule has 1 aliphatic rings. The number of carbonyl (C=O) groups is 1. The van der Waals surface area contributed by atoms with Gasteiger partial charge in [0.25, 0.3) is 0 Å². The highest BCUT2D eigenvalue weighted by molar-refractivity contribution is 5.79. The van der Waals surface area contributed by atoms with Crippen molar-refractivity contribution in [2.75, 3.05) is 11.9 Å². The zero-order valence-electron chi connectivity index (χ0n) is 12.7. The number of benzene rings is 1. The van der Waals surface area contributed by atoms with Gasteiger partial charge in [0, 0.05) is 5.69 Å². The van der Waals surface area contributed by atoms with Gasteiger partial charge in [-0.3, -0.25) is 0 Å². The average molecular weight is 275 g/mol. The molecule has 110 valence electrons. The van der Waals surface area contributed by atoms with Gasteiger partial charge in [0.15, 0.2) is 0 Å². The van der Waals surface area contributed by atoms with E-state index < -0.39 is 0 Å². The quantitative estimate of drug-likeness (QED) is 0.773. The lowest BCUT2D eigenvalue weighted by molar-refractivity contribution is -0.144. The minimum absolute atomic E-state index is 0.148. The first-order valence-corrected chi connectivity index (χ1v) is 7.69. The molecule has 0 heterocycles. The lowest BCUT2D eigenvalue weighted by Crippen LogP contribution is -2.29. The Bertz CT molecular complexity index is 444. The molecule has 0 radical (unpaired) electrons. The molecule has 3 nitrogen and oxygen atoms in total. The number of hydrogen-bond donors (Lipinski definition) is 1. The molecule has 20 heavy (non-hydrogen) atoms. The summed E-state index contributed by atoms with van der Waals surface area (Å²) in [7, 11) is 0. The van der Waals surface area contributed by atoms with E-state index in [1.165, 1.54) is 24.0 Å². The van der Waals surface area contributed by atoms with Gasteiger partial charge in [-0.05, 0) is 49.7 Å². The SMILES string of the molecule is CCc1cccc(CC)c1NC(C)C(=O)OCC1CC1. The van der Waals surface area contributed by atoms with E-state index in [0.29, 0.717) is 12.5 Å². The Balaban J connectivity index is 2.01. The van der Waals surface area contributed by atoms with Crippen molar-refractivity contribution in [3.8, 4) is 0 Å². The third-order valence-electron chi connectivity index (χ3n) is 3.87. The molecule has 0 aromatic heterocycles. The Hall–Kier alpha value is -1.51. The third-order valence-corrected chi connectivity index (χ3v) is 3.87. The molecule has 2 rings (SSSR count). The van der Waals surface area contributed by atoms with Crippen LogP contribution in [0.3, 0.4) is 0 Å². The molecule has 0 spiro atoms. The molecule has 1 N–H and O–H groups in total. The molecule has 1 aliphatic carbocycles. The standard InChI is InChI=1S/C17H25NO2/c1-4-14-7-6-8-15(5-2)16(14)18-12(3)17(19)20-11-13-9-10-13/h6-8,12-13,18H,4-5,9-11H2,1-3H3. The number of rotatable bonds is 7. The highest BCUT2D eigenvalue weighted by atomic mass is 16.5. The number of ether oxygens (including phenoxy) is 1. The molecule has 1 atom stereocenters. The molecular weight excluding hydrogens is 250 g/mol. The summed E-state index contributed by atoms with van der Waals surface area (Å²) in [5, 5.41) is 3.35. The van der Waals surface area contributed by atoms with Crippen LogP contribution in [0.2, 0.25) is 0 Å². The fraction of sp³-hybridized carbons (Fsp3) is 0.588. The average Bonchev–Trinajstić information content (AvgIpc) is 3.28.